The zero-order valence-electron chi connectivity index (χ0n) is 13.8. The Kier molecular flexibility index (Phi) is 4.74. The van der Waals surface area contributed by atoms with Crippen molar-refractivity contribution in [2.24, 2.45) is 0 Å². The zero-order valence-corrected chi connectivity index (χ0v) is 13.8. The molecule has 1 atom stereocenters. The van der Waals surface area contributed by atoms with Crippen molar-refractivity contribution in [3.8, 4) is 5.69 Å². The van der Waals surface area contributed by atoms with Gasteiger partial charge in [0.25, 0.3) is 0 Å². The predicted molar refractivity (Wildman–Crippen MR) is 91.5 cm³/mol. The number of carbonyl (C=O) groups is 3. The van der Waals surface area contributed by atoms with Gasteiger partial charge in [-0.3, -0.25) is 19.7 Å². The van der Waals surface area contributed by atoms with E-state index in [1.165, 1.54) is 11.0 Å². The topological polar surface area (TPSA) is 84.3 Å². The molecule has 25 heavy (non-hydrogen) atoms. The second-order valence-electron chi connectivity index (χ2n) is 5.64. The molecule has 0 unspecified atom stereocenters. The Bertz CT molecular complexity index is 826. The Morgan fingerprint density at radius 3 is 2.76 bits per heavy atom. The van der Waals surface area contributed by atoms with Crippen LogP contribution in [0.25, 0.3) is 11.8 Å². The number of aromatic nitrogens is 2. The normalized spacial score (nSPS) is 17.1. The summed E-state index contributed by atoms with van der Waals surface area (Å²) in [4.78, 5) is 36.9. The third kappa shape index (κ3) is 3.65. The molecule has 0 bridgehead atoms. The van der Waals surface area contributed by atoms with Crippen LogP contribution in [0.15, 0.2) is 48.8 Å². The average Bonchev–Trinajstić information content (AvgIpc) is 3.21. The standard InChI is InChI=1S/C18H18N4O3/c1-2-21(15-10-16(23)20-18(15)25)17(24)9-8-13-11-19-22(12-13)14-6-4-3-5-7-14/h3-9,11-12,15H,2,10H2,1H3,(H,20,23,25)/b9-8+/t15-/m1/s1. The van der Waals surface area contributed by atoms with Crippen molar-refractivity contribution >= 4 is 23.8 Å². The van der Waals surface area contributed by atoms with Crippen molar-refractivity contribution in [2.75, 3.05) is 6.54 Å². The molecule has 128 valence electrons. The van der Waals surface area contributed by atoms with Gasteiger partial charge < -0.3 is 4.90 Å². The lowest BCUT2D eigenvalue weighted by molar-refractivity contribution is -0.135. The first-order valence-corrected chi connectivity index (χ1v) is 8.01. The van der Waals surface area contributed by atoms with Crippen molar-refractivity contribution in [3.63, 3.8) is 0 Å². The van der Waals surface area contributed by atoms with Gasteiger partial charge in [-0.1, -0.05) is 18.2 Å². The van der Waals surface area contributed by atoms with Crippen LogP contribution in [0, 0.1) is 0 Å². The maximum absolute atomic E-state index is 12.4. The van der Waals surface area contributed by atoms with E-state index in [2.05, 4.69) is 10.4 Å². The summed E-state index contributed by atoms with van der Waals surface area (Å²) in [7, 11) is 0. The summed E-state index contributed by atoms with van der Waals surface area (Å²) in [5, 5.41) is 6.48. The molecular formula is C18H18N4O3. The number of hydrogen-bond acceptors (Lipinski definition) is 4. The first kappa shape index (κ1) is 16.6. The molecule has 3 rings (SSSR count). The largest absolute Gasteiger partial charge is 0.327 e. The summed E-state index contributed by atoms with van der Waals surface area (Å²) in [5.41, 5.74) is 1.69. The van der Waals surface area contributed by atoms with Gasteiger partial charge in [-0.25, -0.2) is 4.68 Å². The van der Waals surface area contributed by atoms with Gasteiger partial charge in [0.15, 0.2) is 0 Å². The number of likely N-dealkylation sites (N-methyl/N-ethyl adjacent to an activating group) is 1. The highest BCUT2D eigenvalue weighted by atomic mass is 16.2. The lowest BCUT2D eigenvalue weighted by atomic mass is 10.2. The van der Waals surface area contributed by atoms with Crippen LogP contribution in [0.3, 0.4) is 0 Å². The number of nitrogens with one attached hydrogen (secondary N) is 1. The van der Waals surface area contributed by atoms with Crippen LogP contribution in [0.2, 0.25) is 0 Å². The molecule has 2 heterocycles. The number of para-hydroxylation sites is 1. The second kappa shape index (κ2) is 7.12. The number of rotatable bonds is 5. The van der Waals surface area contributed by atoms with E-state index in [0.717, 1.165) is 11.3 Å². The van der Waals surface area contributed by atoms with Gasteiger partial charge in [0.05, 0.1) is 18.3 Å². The van der Waals surface area contributed by atoms with Gasteiger partial charge in [0.1, 0.15) is 6.04 Å². The Labute approximate surface area is 144 Å². The van der Waals surface area contributed by atoms with Gasteiger partial charge in [0.2, 0.25) is 17.7 Å². The van der Waals surface area contributed by atoms with E-state index in [4.69, 9.17) is 0 Å². The molecular weight excluding hydrogens is 320 g/mol. The van der Waals surface area contributed by atoms with E-state index in [1.54, 1.807) is 30.1 Å². The minimum atomic E-state index is -0.735. The fourth-order valence-electron chi connectivity index (χ4n) is 2.73. The predicted octanol–water partition coefficient (Wildman–Crippen LogP) is 1.15. The smallest absolute Gasteiger partial charge is 0.249 e. The Morgan fingerprint density at radius 2 is 2.12 bits per heavy atom. The number of carbonyl (C=O) groups excluding carboxylic acids is 3. The van der Waals surface area contributed by atoms with Crippen LogP contribution in [-0.2, 0) is 14.4 Å². The fourth-order valence-corrected chi connectivity index (χ4v) is 2.73. The highest BCUT2D eigenvalue weighted by Crippen LogP contribution is 2.13. The molecule has 7 heteroatoms. The molecule has 1 aromatic heterocycles. The van der Waals surface area contributed by atoms with Crippen molar-refractivity contribution in [3.05, 3.63) is 54.4 Å². The first-order valence-electron chi connectivity index (χ1n) is 8.01. The van der Waals surface area contributed by atoms with E-state index in [1.807, 2.05) is 30.3 Å². The highest BCUT2D eigenvalue weighted by Gasteiger charge is 2.36. The molecule has 1 N–H and O–H groups in total. The van der Waals surface area contributed by atoms with Crippen molar-refractivity contribution in [2.45, 2.75) is 19.4 Å². The average molecular weight is 338 g/mol. The monoisotopic (exact) mass is 338 g/mol. The number of hydrogen-bond donors (Lipinski definition) is 1. The Morgan fingerprint density at radius 1 is 1.36 bits per heavy atom. The molecule has 1 saturated heterocycles. The number of nitrogens with zero attached hydrogens (tertiary/aromatic N) is 3. The lowest BCUT2D eigenvalue weighted by Crippen LogP contribution is -2.43. The second-order valence-corrected chi connectivity index (χ2v) is 5.64. The number of amides is 3. The molecule has 7 nitrogen and oxygen atoms in total. The van der Waals surface area contributed by atoms with E-state index >= 15 is 0 Å². The fraction of sp³-hybridized carbons (Fsp3) is 0.222. The Balaban J connectivity index is 1.71. The van der Waals surface area contributed by atoms with E-state index in [-0.39, 0.29) is 18.2 Å². The van der Waals surface area contributed by atoms with E-state index < -0.39 is 11.9 Å². The summed E-state index contributed by atoms with van der Waals surface area (Å²) < 4.78 is 1.71. The first-order chi connectivity index (χ1) is 12.1. The van der Waals surface area contributed by atoms with Crippen molar-refractivity contribution in [1.29, 1.82) is 0 Å². The van der Waals surface area contributed by atoms with Crippen LogP contribution < -0.4 is 5.32 Å². The number of benzene rings is 1. The van der Waals surface area contributed by atoms with Gasteiger partial charge >= 0.3 is 0 Å². The van der Waals surface area contributed by atoms with Crippen molar-refractivity contribution in [1.82, 2.24) is 20.0 Å². The molecule has 3 amide bonds. The van der Waals surface area contributed by atoms with E-state index in [0.29, 0.717) is 6.54 Å². The van der Waals surface area contributed by atoms with Gasteiger partial charge in [0, 0.05) is 24.4 Å². The Hall–Kier alpha value is -3.22. The van der Waals surface area contributed by atoms with Crippen LogP contribution in [-0.4, -0.2) is 45.0 Å². The van der Waals surface area contributed by atoms with Crippen LogP contribution in [0.1, 0.15) is 18.9 Å². The van der Waals surface area contributed by atoms with E-state index in [9.17, 15) is 14.4 Å². The SMILES string of the molecule is CCN(C(=O)/C=C/c1cnn(-c2ccccc2)c1)[C@@H]1CC(=O)NC1=O. The summed E-state index contributed by atoms with van der Waals surface area (Å²) in [6.45, 7) is 2.12. The quantitative estimate of drug-likeness (QED) is 0.655. The molecule has 1 aliphatic rings. The van der Waals surface area contributed by atoms with Gasteiger partial charge in [-0.15, -0.1) is 0 Å². The minimum absolute atomic E-state index is 0.0121. The highest BCUT2D eigenvalue weighted by molar-refractivity contribution is 6.07. The van der Waals surface area contributed by atoms with Crippen LogP contribution in [0.4, 0.5) is 0 Å². The maximum Gasteiger partial charge on any atom is 0.249 e. The van der Waals surface area contributed by atoms with Crippen LogP contribution in [0.5, 0.6) is 0 Å². The third-order valence-electron chi connectivity index (χ3n) is 3.99. The molecule has 0 saturated carbocycles. The number of imide groups is 1. The molecule has 1 aromatic carbocycles. The molecule has 0 aliphatic carbocycles. The molecule has 1 aliphatic heterocycles. The summed E-state index contributed by atoms with van der Waals surface area (Å²) in [6.07, 6.45) is 6.51. The van der Waals surface area contributed by atoms with Gasteiger partial charge in [-0.2, -0.15) is 5.10 Å². The van der Waals surface area contributed by atoms with Gasteiger partial charge in [-0.05, 0) is 25.1 Å². The maximum atomic E-state index is 12.4. The summed E-state index contributed by atoms with van der Waals surface area (Å²) >= 11 is 0. The minimum Gasteiger partial charge on any atom is -0.327 e. The molecule has 0 radical (unpaired) electrons. The molecule has 2 aromatic rings. The summed E-state index contributed by atoms with van der Waals surface area (Å²) in [5.74, 6) is -1.09. The molecule has 0 spiro atoms. The van der Waals surface area contributed by atoms with Crippen molar-refractivity contribution < 1.29 is 14.4 Å². The third-order valence-corrected chi connectivity index (χ3v) is 3.99. The van der Waals surface area contributed by atoms with Crippen LogP contribution >= 0.6 is 0 Å². The lowest BCUT2D eigenvalue weighted by Gasteiger charge is -2.23. The summed E-state index contributed by atoms with van der Waals surface area (Å²) in [6, 6.07) is 8.89. The molecule has 1 fully saturated rings. The zero-order chi connectivity index (χ0) is 17.8.